The van der Waals surface area contributed by atoms with Crippen LogP contribution in [0.5, 0.6) is 0 Å². The zero-order valence-corrected chi connectivity index (χ0v) is 8.05. The SMILES string of the molecule is CC[C@@H]1CC[C@H](CCCO)NC1. The molecule has 1 aliphatic rings. The van der Waals surface area contributed by atoms with Gasteiger partial charge in [0, 0.05) is 12.6 Å². The molecule has 0 amide bonds. The molecule has 2 nitrogen and oxygen atoms in total. The minimum Gasteiger partial charge on any atom is -0.396 e. The molecule has 1 saturated heterocycles. The van der Waals surface area contributed by atoms with Gasteiger partial charge in [0.05, 0.1) is 0 Å². The number of aliphatic hydroxyl groups excluding tert-OH is 1. The summed E-state index contributed by atoms with van der Waals surface area (Å²) >= 11 is 0. The fourth-order valence-electron chi connectivity index (χ4n) is 1.91. The van der Waals surface area contributed by atoms with E-state index in [0.29, 0.717) is 12.6 Å². The fraction of sp³-hybridized carbons (Fsp3) is 1.00. The molecule has 1 heterocycles. The molecule has 72 valence electrons. The predicted octanol–water partition coefficient (Wildman–Crippen LogP) is 1.54. The zero-order valence-electron chi connectivity index (χ0n) is 8.05. The predicted molar refractivity (Wildman–Crippen MR) is 51.1 cm³/mol. The lowest BCUT2D eigenvalue weighted by molar-refractivity contribution is 0.249. The molecule has 0 aromatic heterocycles. The van der Waals surface area contributed by atoms with Gasteiger partial charge in [-0.3, -0.25) is 0 Å². The fourth-order valence-corrected chi connectivity index (χ4v) is 1.91. The minimum absolute atomic E-state index is 0.343. The smallest absolute Gasteiger partial charge is 0.0431 e. The van der Waals surface area contributed by atoms with E-state index in [1.165, 1.54) is 25.8 Å². The van der Waals surface area contributed by atoms with E-state index in [-0.39, 0.29) is 0 Å². The number of aliphatic hydroxyl groups is 1. The van der Waals surface area contributed by atoms with Crippen molar-refractivity contribution < 1.29 is 5.11 Å². The highest BCUT2D eigenvalue weighted by molar-refractivity contribution is 4.76. The van der Waals surface area contributed by atoms with Crippen LogP contribution in [0, 0.1) is 5.92 Å². The summed E-state index contributed by atoms with van der Waals surface area (Å²) < 4.78 is 0. The van der Waals surface area contributed by atoms with Crippen LogP contribution in [0.4, 0.5) is 0 Å². The average Bonchev–Trinajstić information content (AvgIpc) is 2.15. The third-order valence-electron chi connectivity index (χ3n) is 2.91. The van der Waals surface area contributed by atoms with E-state index in [2.05, 4.69) is 12.2 Å². The summed E-state index contributed by atoms with van der Waals surface area (Å²) in [5, 5.41) is 12.2. The molecule has 0 spiro atoms. The lowest BCUT2D eigenvalue weighted by Crippen LogP contribution is -2.38. The van der Waals surface area contributed by atoms with Gasteiger partial charge >= 0.3 is 0 Å². The first-order chi connectivity index (χ1) is 5.86. The Kier molecular flexibility index (Phi) is 4.62. The molecular formula is C10H21NO. The molecule has 1 rings (SSSR count). The molecule has 0 aromatic rings. The van der Waals surface area contributed by atoms with Gasteiger partial charge in [-0.15, -0.1) is 0 Å². The van der Waals surface area contributed by atoms with E-state index in [0.717, 1.165) is 18.8 Å². The lowest BCUT2D eigenvalue weighted by atomic mass is 9.91. The van der Waals surface area contributed by atoms with E-state index >= 15 is 0 Å². The van der Waals surface area contributed by atoms with E-state index in [1.807, 2.05) is 0 Å². The van der Waals surface area contributed by atoms with Crippen LogP contribution in [0.2, 0.25) is 0 Å². The van der Waals surface area contributed by atoms with Gasteiger partial charge in [0.25, 0.3) is 0 Å². The molecule has 12 heavy (non-hydrogen) atoms. The highest BCUT2D eigenvalue weighted by Crippen LogP contribution is 2.19. The topological polar surface area (TPSA) is 32.3 Å². The number of nitrogens with one attached hydrogen (secondary N) is 1. The molecule has 2 N–H and O–H groups in total. The molecule has 0 aliphatic carbocycles. The maximum absolute atomic E-state index is 8.67. The first-order valence-corrected chi connectivity index (χ1v) is 5.21. The second kappa shape index (κ2) is 5.55. The number of hydrogen-bond donors (Lipinski definition) is 2. The Morgan fingerprint density at radius 1 is 1.42 bits per heavy atom. The number of rotatable bonds is 4. The van der Waals surface area contributed by atoms with Crippen LogP contribution >= 0.6 is 0 Å². The van der Waals surface area contributed by atoms with Crippen LogP contribution in [-0.4, -0.2) is 24.3 Å². The lowest BCUT2D eigenvalue weighted by Gasteiger charge is -2.29. The van der Waals surface area contributed by atoms with Crippen LogP contribution in [0.3, 0.4) is 0 Å². The van der Waals surface area contributed by atoms with Crippen molar-refractivity contribution in [3.8, 4) is 0 Å². The Balaban J connectivity index is 2.09. The van der Waals surface area contributed by atoms with Crippen molar-refractivity contribution in [2.75, 3.05) is 13.2 Å². The van der Waals surface area contributed by atoms with E-state index in [9.17, 15) is 0 Å². The van der Waals surface area contributed by atoms with Crippen molar-refractivity contribution >= 4 is 0 Å². The highest BCUT2D eigenvalue weighted by atomic mass is 16.2. The summed E-state index contributed by atoms with van der Waals surface area (Å²) in [7, 11) is 0. The normalized spacial score (nSPS) is 30.5. The van der Waals surface area contributed by atoms with Gasteiger partial charge in [-0.2, -0.15) is 0 Å². The minimum atomic E-state index is 0.343. The second-order valence-electron chi connectivity index (χ2n) is 3.82. The van der Waals surface area contributed by atoms with Crippen molar-refractivity contribution in [3.05, 3.63) is 0 Å². The van der Waals surface area contributed by atoms with Gasteiger partial charge in [-0.25, -0.2) is 0 Å². The van der Waals surface area contributed by atoms with Crippen LogP contribution in [0.25, 0.3) is 0 Å². The second-order valence-corrected chi connectivity index (χ2v) is 3.82. The Labute approximate surface area is 75.4 Å². The standard InChI is InChI=1S/C10H21NO/c1-2-9-5-6-10(11-8-9)4-3-7-12/h9-12H,2-8H2,1H3/t9-,10+/m1/s1. The molecule has 2 atom stereocenters. The van der Waals surface area contributed by atoms with Crippen LogP contribution < -0.4 is 5.32 Å². The van der Waals surface area contributed by atoms with E-state index in [4.69, 9.17) is 5.11 Å². The van der Waals surface area contributed by atoms with E-state index in [1.54, 1.807) is 0 Å². The Morgan fingerprint density at radius 3 is 2.75 bits per heavy atom. The molecule has 1 aliphatic heterocycles. The monoisotopic (exact) mass is 171 g/mol. The first kappa shape index (κ1) is 10.0. The Bertz CT molecular complexity index is 108. The van der Waals surface area contributed by atoms with Gasteiger partial charge < -0.3 is 10.4 Å². The first-order valence-electron chi connectivity index (χ1n) is 5.21. The summed E-state index contributed by atoms with van der Waals surface area (Å²) in [5.74, 6) is 0.898. The van der Waals surface area contributed by atoms with Gasteiger partial charge in [-0.05, 0) is 38.1 Å². The largest absolute Gasteiger partial charge is 0.396 e. The van der Waals surface area contributed by atoms with Crippen molar-refractivity contribution in [2.24, 2.45) is 5.92 Å². The summed E-state index contributed by atoms with van der Waals surface area (Å²) in [6, 6.07) is 0.681. The molecule has 1 fully saturated rings. The molecular weight excluding hydrogens is 150 g/mol. The average molecular weight is 171 g/mol. The highest BCUT2D eigenvalue weighted by Gasteiger charge is 2.18. The van der Waals surface area contributed by atoms with Gasteiger partial charge in [0.15, 0.2) is 0 Å². The third kappa shape index (κ3) is 3.11. The molecule has 0 aromatic carbocycles. The Hall–Kier alpha value is -0.0800. The summed E-state index contributed by atoms with van der Waals surface area (Å²) in [6.45, 7) is 3.79. The van der Waals surface area contributed by atoms with Gasteiger partial charge in [0.2, 0.25) is 0 Å². The van der Waals surface area contributed by atoms with Crippen LogP contribution in [0.1, 0.15) is 39.0 Å². The van der Waals surface area contributed by atoms with Crippen LogP contribution in [-0.2, 0) is 0 Å². The molecule has 0 bridgehead atoms. The van der Waals surface area contributed by atoms with Crippen molar-refractivity contribution in [1.82, 2.24) is 5.32 Å². The molecule has 0 unspecified atom stereocenters. The molecule has 0 saturated carbocycles. The van der Waals surface area contributed by atoms with Crippen LogP contribution in [0.15, 0.2) is 0 Å². The van der Waals surface area contributed by atoms with Crippen molar-refractivity contribution in [1.29, 1.82) is 0 Å². The van der Waals surface area contributed by atoms with E-state index < -0.39 is 0 Å². The van der Waals surface area contributed by atoms with Gasteiger partial charge in [0.1, 0.15) is 0 Å². The van der Waals surface area contributed by atoms with Crippen molar-refractivity contribution in [2.45, 2.75) is 45.1 Å². The maximum atomic E-state index is 8.67. The van der Waals surface area contributed by atoms with Gasteiger partial charge in [-0.1, -0.05) is 13.3 Å². The Morgan fingerprint density at radius 2 is 2.25 bits per heavy atom. The summed E-state index contributed by atoms with van der Waals surface area (Å²) in [6.07, 6.45) is 6.08. The number of hydrogen-bond acceptors (Lipinski definition) is 2. The summed E-state index contributed by atoms with van der Waals surface area (Å²) in [5.41, 5.74) is 0. The molecule has 0 radical (unpaired) electrons. The third-order valence-corrected chi connectivity index (χ3v) is 2.91. The quantitative estimate of drug-likeness (QED) is 0.672. The summed E-state index contributed by atoms with van der Waals surface area (Å²) in [4.78, 5) is 0. The molecule has 2 heteroatoms. The maximum Gasteiger partial charge on any atom is 0.0431 e. The number of piperidine rings is 1. The van der Waals surface area contributed by atoms with Crippen molar-refractivity contribution in [3.63, 3.8) is 0 Å². The zero-order chi connectivity index (χ0) is 8.81.